The number of aromatic amines is 8. The van der Waals surface area contributed by atoms with Gasteiger partial charge in [-0.2, -0.15) is 20.4 Å². The van der Waals surface area contributed by atoms with Crippen LogP contribution in [0.3, 0.4) is 0 Å². The van der Waals surface area contributed by atoms with E-state index in [9.17, 15) is 24.0 Å². The summed E-state index contributed by atoms with van der Waals surface area (Å²) in [6, 6.07) is 49.4. The summed E-state index contributed by atoms with van der Waals surface area (Å²) in [6.45, 7) is 14.1. The van der Waals surface area contributed by atoms with E-state index in [1.165, 1.54) is 45.3 Å². The highest BCUT2D eigenvalue weighted by molar-refractivity contribution is 7.18. The minimum Gasteiger partial charge on any atom is -0.397 e. The lowest BCUT2D eigenvalue weighted by Crippen LogP contribution is -2.13. The van der Waals surface area contributed by atoms with E-state index in [4.69, 9.17) is 25.7 Å². The monoisotopic (exact) mass is 1920 g/mol. The van der Waals surface area contributed by atoms with Crippen molar-refractivity contribution in [1.29, 1.82) is 0 Å². The molecule has 0 radical (unpaired) electrons. The Kier molecular flexibility index (Phi) is 24.2. The van der Waals surface area contributed by atoms with Crippen molar-refractivity contribution in [1.82, 2.24) is 126 Å². The number of H-pyrrole nitrogens is 8. The smallest absolute Gasteiger partial charge is 0.224 e. The van der Waals surface area contributed by atoms with E-state index in [1.54, 1.807) is 108 Å². The van der Waals surface area contributed by atoms with Gasteiger partial charge >= 0.3 is 0 Å². The molecule has 4 aromatic carbocycles. The number of amides is 1. The fraction of sp³-hybridized carbons (Fsp3) is 0.106. The maximum Gasteiger partial charge on any atom is 0.224 e. The van der Waals surface area contributed by atoms with E-state index in [0.29, 0.717) is 72.0 Å². The number of nitrogens with two attached hydrogens (primary N) is 1. The molecule has 36 heteroatoms. The number of rotatable bonds is 22. The maximum atomic E-state index is 12.3. The highest BCUT2D eigenvalue weighted by atomic mass is 32.1. The Bertz CT molecular complexity index is 8920. The second kappa shape index (κ2) is 38.0. The SMILES string of the molecule is CC(=O)c1ccc(-c2cncc3[nH]c(-c4n[nH]c5ccc(-c6cccnc6)cc45)nc23)s1.CC(=O)c1ccc(-c2cncc3[nH]c(-c4n[nH]c5ccc(-c6cncc(N)c6)cc45)nc23)s1.CC(=O)c1ccc(-c2cncc3[nH]c(-c4n[nH]c5ccc(-c6cncc(NC(=O)CC(C)C)c6)cc45)nc23)s1.CCNCc1cncc(-c2ccc3[nH]nc(-c4nc5c(-c6ccc(C(C)=O)s6)cncc5[nH]4)c3c2)c1. The third-order valence-electron chi connectivity index (χ3n) is 23.3. The molecule has 24 rings (SSSR count). The summed E-state index contributed by atoms with van der Waals surface area (Å²) in [5, 5.41) is 40.6. The lowest BCUT2D eigenvalue weighted by molar-refractivity contribution is -0.116. The maximum absolute atomic E-state index is 12.3. The van der Waals surface area contributed by atoms with Gasteiger partial charge in [0.05, 0.1) is 106 Å². The Labute approximate surface area is 810 Å². The Morgan fingerprint density at radius 1 is 0.343 bits per heavy atom. The molecule has 1 amide bonds. The van der Waals surface area contributed by atoms with Gasteiger partial charge in [0, 0.05) is 167 Å². The highest BCUT2D eigenvalue weighted by Crippen LogP contribution is 2.43. The largest absolute Gasteiger partial charge is 0.397 e. The number of hydrogen-bond acceptors (Lipinski definition) is 27. The molecule has 0 aliphatic rings. The molecule has 0 bridgehead atoms. The number of fused-ring (bicyclic) bond motifs is 8. The van der Waals surface area contributed by atoms with Crippen molar-refractivity contribution in [3.8, 4) is 132 Å². The molecule has 0 saturated heterocycles. The van der Waals surface area contributed by atoms with Crippen LogP contribution in [-0.4, -0.2) is 156 Å². The summed E-state index contributed by atoms with van der Waals surface area (Å²) < 4.78 is 0. The van der Waals surface area contributed by atoms with Crippen molar-refractivity contribution in [3.63, 3.8) is 0 Å². The standard InChI is InChI=1S/C29H25N7O2S.C27H23N7OS.C24H17N7OS.C24H16N6OS/c1-15(2)8-26(38)32-19-9-18(11-30-12-19)17-4-5-22-20(10-17)28(36-35-22)29-33-23-14-31-13-21(27(23)34-29)25-7-6-24(39-25)16(3)37;1-3-28-10-16-8-18(12-29-11-16)17-4-5-21-19(9-17)26(34-33-21)27-31-22-14-30-13-20(25(22)32-27)24-7-6-23(36-24)15(2)35;1-12(32)20-4-5-21(33-20)17-10-27-11-19-22(17)29-24(28-19)23-16-7-13(2-3-18(16)30-31-23)14-6-15(25)9-26-8-14;1-13(31)20-6-7-21(32-20)17-11-26-12-19-22(17)28-24(27-19)23-16-9-14(4-5-18(16)29-30-23)15-3-2-8-25-10-15/h4-7,9-15H,8H2,1-3H3,(H,32,38)(H,33,34)(H,35,36);4-9,11-14,28H,3,10H2,1-2H3,(H,31,32)(H,33,34);2-11H,25H2,1H3,(H,28,29)(H,30,31);2-12H,1H3,(H,27,28)(H,29,30). The molecule has 0 fully saturated rings. The van der Waals surface area contributed by atoms with Crippen LogP contribution in [0.4, 0.5) is 11.4 Å². The minimum absolute atomic E-state index is 0.0321. The number of carbonyl (C=O) groups excluding carboxylic acids is 5. The summed E-state index contributed by atoms with van der Waals surface area (Å²) in [4.78, 5) is 134. The number of Topliss-reactive ketones (excluding diaryl/α,β-unsaturated/α-hetero) is 4. The van der Waals surface area contributed by atoms with Gasteiger partial charge in [0.25, 0.3) is 0 Å². The van der Waals surface area contributed by atoms with E-state index in [1.807, 2.05) is 154 Å². The lowest BCUT2D eigenvalue weighted by atomic mass is 10.0. The second-order valence-electron chi connectivity index (χ2n) is 33.6. The van der Waals surface area contributed by atoms with Gasteiger partial charge in [-0.25, -0.2) is 19.9 Å². The Hall–Kier alpha value is -17.5. The van der Waals surface area contributed by atoms with Crippen molar-refractivity contribution >= 4 is 174 Å². The van der Waals surface area contributed by atoms with Crippen molar-refractivity contribution in [3.05, 3.63) is 276 Å². The van der Waals surface area contributed by atoms with Gasteiger partial charge in [-0.15, -0.1) is 45.3 Å². The van der Waals surface area contributed by atoms with Crippen molar-refractivity contribution < 1.29 is 24.0 Å². The molecular formula is C104H81N27O5S4. The number of nitrogen functional groups attached to an aromatic ring is 1. The number of imidazole rings is 4. The number of nitrogens with one attached hydrogen (secondary N) is 10. The summed E-state index contributed by atoms with van der Waals surface area (Å²) in [6.07, 6.45) is 28.8. The fourth-order valence-corrected chi connectivity index (χ4v) is 20.1. The average molecular weight is 1920 g/mol. The normalized spacial score (nSPS) is 11.5. The first-order valence-electron chi connectivity index (χ1n) is 44.4. The molecule has 0 saturated carbocycles. The molecule has 0 aliphatic carbocycles. The zero-order chi connectivity index (χ0) is 95.9. The molecule has 686 valence electrons. The molecule has 24 aromatic rings. The average Bonchev–Trinajstić information content (AvgIpc) is 1.62. The Balaban J connectivity index is 0.000000111. The lowest BCUT2D eigenvalue weighted by Gasteiger charge is -2.09. The second-order valence-corrected chi connectivity index (χ2v) is 37.9. The molecule has 12 N–H and O–H groups in total. The first-order chi connectivity index (χ1) is 68.2. The first-order valence-corrected chi connectivity index (χ1v) is 47.7. The van der Waals surface area contributed by atoms with E-state index >= 15 is 0 Å². The zero-order valence-corrected chi connectivity index (χ0v) is 79.0. The Morgan fingerprint density at radius 3 is 1.01 bits per heavy atom. The molecule has 140 heavy (non-hydrogen) atoms. The number of pyridine rings is 8. The predicted octanol–water partition coefficient (Wildman–Crippen LogP) is 22.7. The third kappa shape index (κ3) is 18.1. The number of ketones is 4. The predicted molar refractivity (Wildman–Crippen MR) is 552 cm³/mol. The Morgan fingerprint density at radius 2 is 0.679 bits per heavy atom. The summed E-state index contributed by atoms with van der Waals surface area (Å²) in [5.41, 5.74) is 32.6. The number of benzene rings is 4. The van der Waals surface area contributed by atoms with E-state index in [2.05, 4.69) is 148 Å². The number of thiophene rings is 4. The number of carbonyl (C=O) groups is 5. The van der Waals surface area contributed by atoms with Crippen LogP contribution in [0.25, 0.3) is 220 Å². The quantitative estimate of drug-likeness (QED) is 0.0281. The topological polar surface area (TPSA) is 468 Å². The van der Waals surface area contributed by atoms with E-state index in [-0.39, 0.29) is 35.0 Å². The van der Waals surface area contributed by atoms with Crippen molar-refractivity contribution in [2.24, 2.45) is 5.92 Å². The van der Waals surface area contributed by atoms with Crippen LogP contribution >= 0.6 is 45.3 Å². The van der Waals surface area contributed by atoms with Crippen LogP contribution in [0, 0.1) is 5.92 Å². The van der Waals surface area contributed by atoms with E-state index < -0.39 is 0 Å². The highest BCUT2D eigenvalue weighted by Gasteiger charge is 2.25. The zero-order valence-electron chi connectivity index (χ0n) is 75.8. The van der Waals surface area contributed by atoms with Crippen LogP contribution in [0.1, 0.15) is 99.1 Å². The van der Waals surface area contributed by atoms with Gasteiger partial charge in [-0.3, -0.25) is 84.2 Å². The molecule has 20 heterocycles. The summed E-state index contributed by atoms with van der Waals surface area (Å²) in [5.74, 6) is 2.99. The van der Waals surface area contributed by atoms with Gasteiger partial charge in [-0.05, 0) is 189 Å². The van der Waals surface area contributed by atoms with Crippen molar-refractivity contribution in [2.75, 3.05) is 17.6 Å². The molecule has 0 atom stereocenters. The molecule has 20 aromatic heterocycles. The van der Waals surface area contributed by atoms with Crippen LogP contribution in [0.2, 0.25) is 0 Å². The van der Waals surface area contributed by atoms with Gasteiger partial charge in [0.15, 0.2) is 46.4 Å². The first kappa shape index (κ1) is 89.1. The van der Waals surface area contributed by atoms with E-state index in [0.717, 1.165) is 204 Å². The molecule has 0 unspecified atom stereocenters. The van der Waals surface area contributed by atoms with Crippen LogP contribution in [-0.2, 0) is 11.3 Å². The van der Waals surface area contributed by atoms with Gasteiger partial charge in [-0.1, -0.05) is 51.1 Å². The third-order valence-corrected chi connectivity index (χ3v) is 28.2. The van der Waals surface area contributed by atoms with Gasteiger partial charge < -0.3 is 36.3 Å². The van der Waals surface area contributed by atoms with Crippen LogP contribution in [0.15, 0.2) is 251 Å². The van der Waals surface area contributed by atoms with Crippen LogP contribution < -0.4 is 16.4 Å². The van der Waals surface area contributed by atoms with Crippen molar-refractivity contribution in [2.45, 2.75) is 61.4 Å². The summed E-state index contributed by atoms with van der Waals surface area (Å²) >= 11 is 5.76. The van der Waals surface area contributed by atoms with Crippen LogP contribution in [0.5, 0.6) is 0 Å². The number of hydrogen-bond donors (Lipinski definition) is 11. The van der Waals surface area contributed by atoms with Gasteiger partial charge in [0.2, 0.25) is 5.91 Å². The number of nitrogens with zero attached hydrogens (tertiary/aromatic N) is 16. The molecular weight excluding hydrogens is 1840 g/mol. The molecule has 0 aliphatic heterocycles. The number of anilines is 2. The summed E-state index contributed by atoms with van der Waals surface area (Å²) in [7, 11) is 0. The van der Waals surface area contributed by atoms with Gasteiger partial charge in [0.1, 0.15) is 44.8 Å². The molecule has 32 nitrogen and oxygen atoms in total. The molecule has 0 spiro atoms. The fourth-order valence-electron chi connectivity index (χ4n) is 16.5. The number of aromatic nitrogens is 24. The minimum atomic E-state index is -0.0321.